The number of methoxy groups -OCH3 is 1. The van der Waals surface area contributed by atoms with Crippen molar-refractivity contribution in [3.8, 4) is 5.88 Å². The summed E-state index contributed by atoms with van der Waals surface area (Å²) in [5.74, 6) is -0.780. The van der Waals surface area contributed by atoms with E-state index in [2.05, 4.69) is 14.8 Å². The van der Waals surface area contributed by atoms with E-state index in [9.17, 15) is 18.0 Å². The van der Waals surface area contributed by atoms with E-state index >= 15 is 0 Å². The van der Waals surface area contributed by atoms with Gasteiger partial charge in [0.2, 0.25) is 21.8 Å². The second kappa shape index (κ2) is 8.64. The van der Waals surface area contributed by atoms with Gasteiger partial charge in [-0.25, -0.2) is 22.9 Å². The number of aromatic nitrogens is 3. The van der Waals surface area contributed by atoms with Crippen molar-refractivity contribution in [2.75, 3.05) is 7.11 Å². The van der Waals surface area contributed by atoms with Gasteiger partial charge in [-0.3, -0.25) is 14.4 Å². The minimum absolute atomic E-state index is 0.0446. The molecule has 0 aromatic carbocycles. The van der Waals surface area contributed by atoms with E-state index in [4.69, 9.17) is 4.74 Å². The Morgan fingerprint density at radius 3 is 2.57 bits per heavy atom. The lowest BCUT2D eigenvalue weighted by Gasteiger charge is -2.41. The lowest BCUT2D eigenvalue weighted by molar-refractivity contribution is -0.135. The summed E-state index contributed by atoms with van der Waals surface area (Å²) in [6, 6.07) is 2.99. The number of amides is 3. The average molecular weight is 519 g/mol. The standard InChI is InChI=1S/C22H26N6O5S2/c1-22(6-7-22)25-35(31,32)18-8-16-19(29)27(13-15-10-24-26(2)11-15)21(30)28(20(16)34-18)12-14-4-5-17(33-3)23-9-14/h4-5,8-11,16,20,25H,6-7,12-13H2,1-3H3. The molecule has 2 fully saturated rings. The van der Waals surface area contributed by atoms with Crippen LogP contribution in [0.3, 0.4) is 0 Å². The zero-order chi connectivity index (χ0) is 25.0. The summed E-state index contributed by atoms with van der Waals surface area (Å²) >= 11 is 1.03. The van der Waals surface area contributed by atoms with E-state index in [1.54, 1.807) is 42.5 Å². The maximum absolute atomic E-state index is 13.6. The number of sulfonamides is 1. The molecule has 11 nitrogen and oxygen atoms in total. The van der Waals surface area contributed by atoms with Crippen molar-refractivity contribution in [2.45, 2.75) is 43.8 Å². The Hall–Kier alpha value is -2.90. The minimum atomic E-state index is -3.81. The Bertz CT molecular complexity index is 1300. The molecule has 1 saturated heterocycles. The van der Waals surface area contributed by atoms with Gasteiger partial charge in [-0.05, 0) is 31.4 Å². The number of rotatable bonds is 8. The maximum Gasteiger partial charge on any atom is 0.328 e. The molecule has 186 valence electrons. The van der Waals surface area contributed by atoms with E-state index in [-0.39, 0.29) is 17.3 Å². The largest absolute Gasteiger partial charge is 0.481 e. The van der Waals surface area contributed by atoms with Gasteiger partial charge in [0.25, 0.3) is 0 Å². The topological polar surface area (TPSA) is 127 Å². The van der Waals surface area contributed by atoms with Crippen LogP contribution in [-0.4, -0.2) is 62.9 Å². The molecule has 2 atom stereocenters. The Kier molecular flexibility index (Phi) is 5.88. The highest BCUT2D eigenvalue weighted by atomic mass is 32.3. The molecule has 2 aromatic rings. The summed E-state index contributed by atoms with van der Waals surface area (Å²) in [4.78, 5) is 33.9. The van der Waals surface area contributed by atoms with Crippen molar-refractivity contribution < 1.29 is 22.7 Å². The number of nitrogens with one attached hydrogen (secondary N) is 1. The van der Waals surface area contributed by atoms with Gasteiger partial charge in [0, 0.05) is 36.6 Å². The molecule has 35 heavy (non-hydrogen) atoms. The quantitative estimate of drug-likeness (QED) is 0.561. The number of aryl methyl sites for hydroxylation is 1. The summed E-state index contributed by atoms with van der Waals surface area (Å²) in [6.07, 6.45) is 7.95. The first-order valence-corrected chi connectivity index (χ1v) is 13.5. The average Bonchev–Trinajstić information content (AvgIpc) is 3.20. The predicted octanol–water partition coefficient (Wildman–Crippen LogP) is 1.79. The van der Waals surface area contributed by atoms with Gasteiger partial charge in [-0.2, -0.15) is 5.10 Å². The lowest BCUT2D eigenvalue weighted by atomic mass is 10.0. The van der Waals surface area contributed by atoms with E-state index in [1.807, 2.05) is 6.92 Å². The molecule has 1 aliphatic carbocycles. The number of hydrogen-bond acceptors (Lipinski definition) is 8. The zero-order valence-corrected chi connectivity index (χ0v) is 21.2. The molecule has 4 heterocycles. The van der Waals surface area contributed by atoms with Gasteiger partial charge >= 0.3 is 6.03 Å². The number of fused-ring (bicyclic) bond motifs is 1. The van der Waals surface area contributed by atoms with E-state index in [0.717, 1.165) is 35.1 Å². The number of thioether (sulfide) groups is 1. The van der Waals surface area contributed by atoms with Gasteiger partial charge in [0.1, 0.15) is 9.61 Å². The van der Waals surface area contributed by atoms with Crippen LogP contribution in [0.4, 0.5) is 4.79 Å². The zero-order valence-electron chi connectivity index (χ0n) is 19.5. The smallest absolute Gasteiger partial charge is 0.328 e. The van der Waals surface area contributed by atoms with Crippen molar-refractivity contribution in [3.05, 3.63) is 52.2 Å². The molecule has 0 spiro atoms. The molecule has 0 radical (unpaired) electrons. The molecule has 2 unspecified atom stereocenters. The first kappa shape index (κ1) is 23.8. The van der Waals surface area contributed by atoms with Crippen LogP contribution in [-0.2, 0) is 35.0 Å². The Morgan fingerprint density at radius 1 is 1.20 bits per heavy atom. The van der Waals surface area contributed by atoms with Crippen molar-refractivity contribution in [2.24, 2.45) is 13.0 Å². The van der Waals surface area contributed by atoms with E-state index in [1.165, 1.54) is 18.1 Å². The minimum Gasteiger partial charge on any atom is -0.481 e. The number of carbonyl (C=O) groups is 2. The van der Waals surface area contributed by atoms with Crippen LogP contribution in [0.2, 0.25) is 0 Å². The Morgan fingerprint density at radius 2 is 1.97 bits per heavy atom. The fraction of sp³-hybridized carbons (Fsp3) is 0.455. The third-order valence-electron chi connectivity index (χ3n) is 6.30. The van der Waals surface area contributed by atoms with Crippen LogP contribution in [0.5, 0.6) is 5.88 Å². The van der Waals surface area contributed by atoms with Crippen LogP contribution < -0.4 is 9.46 Å². The van der Waals surface area contributed by atoms with Crippen molar-refractivity contribution in [1.82, 2.24) is 29.3 Å². The lowest BCUT2D eigenvalue weighted by Crippen LogP contribution is -2.58. The number of pyridine rings is 1. The molecule has 2 aromatic heterocycles. The second-order valence-corrected chi connectivity index (χ2v) is 12.3. The summed E-state index contributed by atoms with van der Waals surface area (Å²) in [7, 11) is -0.541. The first-order chi connectivity index (χ1) is 16.6. The van der Waals surface area contributed by atoms with Crippen LogP contribution in [0.1, 0.15) is 30.9 Å². The number of nitrogens with zero attached hydrogens (tertiary/aromatic N) is 5. The third kappa shape index (κ3) is 4.67. The van der Waals surface area contributed by atoms with Gasteiger partial charge in [0.15, 0.2) is 0 Å². The molecule has 2 aliphatic heterocycles. The van der Waals surface area contributed by atoms with Crippen LogP contribution in [0.15, 0.2) is 41.0 Å². The molecular formula is C22H26N6O5S2. The predicted molar refractivity (Wildman–Crippen MR) is 128 cm³/mol. The second-order valence-electron chi connectivity index (χ2n) is 9.25. The van der Waals surface area contributed by atoms with E-state index in [0.29, 0.717) is 11.4 Å². The Balaban J connectivity index is 1.46. The maximum atomic E-state index is 13.6. The van der Waals surface area contributed by atoms with Gasteiger partial charge in [-0.1, -0.05) is 17.8 Å². The van der Waals surface area contributed by atoms with Crippen molar-refractivity contribution in [1.29, 1.82) is 0 Å². The Labute approximate surface area is 207 Å². The number of ether oxygens (including phenoxy) is 1. The highest BCUT2D eigenvalue weighted by Crippen LogP contribution is 2.46. The monoisotopic (exact) mass is 518 g/mol. The van der Waals surface area contributed by atoms with E-state index < -0.39 is 38.8 Å². The summed E-state index contributed by atoms with van der Waals surface area (Å²) in [5, 5.41) is 3.44. The molecule has 1 saturated carbocycles. The number of imide groups is 1. The highest BCUT2D eigenvalue weighted by Gasteiger charge is 2.52. The van der Waals surface area contributed by atoms with Gasteiger partial charge in [0.05, 0.1) is 32.3 Å². The third-order valence-corrected chi connectivity index (χ3v) is 9.83. The van der Waals surface area contributed by atoms with Crippen molar-refractivity contribution in [3.63, 3.8) is 0 Å². The van der Waals surface area contributed by atoms with Crippen LogP contribution >= 0.6 is 11.8 Å². The number of urea groups is 1. The summed E-state index contributed by atoms with van der Waals surface area (Å²) in [5.41, 5.74) is 0.979. The van der Waals surface area contributed by atoms with Gasteiger partial charge < -0.3 is 9.64 Å². The SMILES string of the molecule is COc1ccc(CN2C(=O)N(Cc3cnn(C)c3)C(=O)C3C=C(S(=O)(=O)NC4(C)CC4)SC32)cn1. The van der Waals surface area contributed by atoms with Crippen molar-refractivity contribution >= 4 is 33.7 Å². The number of hydrogen-bond donors (Lipinski definition) is 1. The molecule has 1 N–H and O–H groups in total. The van der Waals surface area contributed by atoms with Gasteiger partial charge in [-0.15, -0.1) is 0 Å². The molecule has 0 bridgehead atoms. The number of carbonyl (C=O) groups excluding carboxylic acids is 2. The first-order valence-electron chi connectivity index (χ1n) is 11.1. The molecule has 3 amide bonds. The normalized spacial score (nSPS) is 23.3. The van der Waals surface area contributed by atoms with Crippen LogP contribution in [0.25, 0.3) is 0 Å². The molecule has 5 rings (SSSR count). The molecule has 3 aliphatic rings. The fourth-order valence-corrected chi connectivity index (χ4v) is 7.43. The summed E-state index contributed by atoms with van der Waals surface area (Å²) < 4.78 is 35.6. The van der Waals surface area contributed by atoms with Crippen LogP contribution in [0, 0.1) is 5.92 Å². The highest BCUT2D eigenvalue weighted by molar-refractivity contribution is 8.18. The summed E-state index contributed by atoms with van der Waals surface area (Å²) in [6.45, 7) is 2.06. The fourth-order valence-electron chi connectivity index (χ4n) is 4.13. The molecule has 13 heteroatoms. The molecular weight excluding hydrogens is 492 g/mol.